The number of para-hydroxylation sites is 1. The molecule has 152 valence electrons. The van der Waals surface area contributed by atoms with Crippen molar-refractivity contribution >= 4 is 40.0 Å². The summed E-state index contributed by atoms with van der Waals surface area (Å²) in [6.45, 7) is 5.89. The van der Waals surface area contributed by atoms with Crippen molar-refractivity contribution in [1.82, 2.24) is 14.5 Å². The van der Waals surface area contributed by atoms with E-state index in [4.69, 9.17) is 28.2 Å². The highest BCUT2D eigenvalue weighted by Crippen LogP contribution is 2.27. The van der Waals surface area contributed by atoms with Gasteiger partial charge in [-0.1, -0.05) is 60.0 Å². The second-order valence-corrected chi connectivity index (χ2v) is 8.19. The van der Waals surface area contributed by atoms with Crippen LogP contribution in [-0.4, -0.2) is 32.2 Å². The number of carbonyl (C=O) groups excluding carboxylic acids is 1. The smallest absolute Gasteiger partial charge is 0.266 e. The van der Waals surface area contributed by atoms with Crippen molar-refractivity contribution in [3.05, 3.63) is 69.8 Å². The van der Waals surface area contributed by atoms with Crippen molar-refractivity contribution in [1.29, 1.82) is 0 Å². The SMILES string of the molecule is CCC(c1nc2ccccc2c(=O)n1-c1ccc(C)cc1C)N(C)C(=O)C(Cl)Cl. The maximum Gasteiger partial charge on any atom is 0.266 e. The van der Waals surface area contributed by atoms with Gasteiger partial charge in [-0.2, -0.15) is 0 Å². The minimum atomic E-state index is -1.18. The van der Waals surface area contributed by atoms with Crippen LogP contribution >= 0.6 is 23.2 Å². The predicted octanol–water partition coefficient (Wildman–Crippen LogP) is 4.72. The molecule has 1 amide bonds. The molecule has 0 bridgehead atoms. The van der Waals surface area contributed by atoms with Gasteiger partial charge in [0.2, 0.25) is 0 Å². The molecule has 0 radical (unpaired) electrons. The zero-order valence-electron chi connectivity index (χ0n) is 16.8. The quantitative estimate of drug-likeness (QED) is 0.549. The Morgan fingerprint density at radius 2 is 1.86 bits per heavy atom. The summed E-state index contributed by atoms with van der Waals surface area (Å²) in [6, 6.07) is 12.6. The second kappa shape index (κ2) is 8.56. The van der Waals surface area contributed by atoms with Crippen LogP contribution in [0.25, 0.3) is 16.6 Å². The Morgan fingerprint density at radius 1 is 1.17 bits per heavy atom. The molecule has 0 aliphatic rings. The molecule has 5 nitrogen and oxygen atoms in total. The number of alkyl halides is 2. The van der Waals surface area contributed by atoms with E-state index in [2.05, 4.69) is 0 Å². The minimum Gasteiger partial charge on any atom is -0.333 e. The fraction of sp³-hybridized carbons (Fsp3) is 0.318. The third kappa shape index (κ3) is 4.02. The summed E-state index contributed by atoms with van der Waals surface area (Å²) < 4.78 is 1.60. The summed E-state index contributed by atoms with van der Waals surface area (Å²) in [5.74, 6) is 0.0442. The molecule has 0 aliphatic heterocycles. The number of halogens is 2. The fourth-order valence-electron chi connectivity index (χ4n) is 3.60. The molecular formula is C22H23Cl2N3O2. The summed E-state index contributed by atoms with van der Waals surface area (Å²) in [4.78, 5) is 31.0. The molecule has 7 heteroatoms. The van der Waals surface area contributed by atoms with E-state index >= 15 is 0 Å². The van der Waals surface area contributed by atoms with Gasteiger partial charge in [-0.05, 0) is 44.0 Å². The van der Waals surface area contributed by atoms with Crippen LogP contribution in [-0.2, 0) is 4.79 Å². The first-order chi connectivity index (χ1) is 13.8. The predicted molar refractivity (Wildman–Crippen MR) is 118 cm³/mol. The first kappa shape index (κ1) is 21.3. The van der Waals surface area contributed by atoms with Crippen LogP contribution in [0, 0.1) is 13.8 Å². The highest BCUT2D eigenvalue weighted by atomic mass is 35.5. The Hall–Kier alpha value is -2.37. The van der Waals surface area contributed by atoms with Crippen LogP contribution in [0.4, 0.5) is 0 Å². The summed E-state index contributed by atoms with van der Waals surface area (Å²) >= 11 is 11.6. The molecule has 1 heterocycles. The summed E-state index contributed by atoms with van der Waals surface area (Å²) in [5, 5.41) is 0.521. The number of hydrogen-bond acceptors (Lipinski definition) is 3. The maximum absolute atomic E-state index is 13.5. The second-order valence-electron chi connectivity index (χ2n) is 7.09. The van der Waals surface area contributed by atoms with Crippen LogP contribution < -0.4 is 5.56 Å². The number of fused-ring (bicyclic) bond motifs is 1. The molecule has 1 aromatic heterocycles. The van der Waals surface area contributed by atoms with Gasteiger partial charge in [0.1, 0.15) is 5.82 Å². The van der Waals surface area contributed by atoms with Gasteiger partial charge in [-0.25, -0.2) is 4.98 Å². The molecule has 3 rings (SSSR count). The molecule has 0 spiro atoms. The lowest BCUT2D eigenvalue weighted by Gasteiger charge is -2.29. The monoisotopic (exact) mass is 431 g/mol. The number of amides is 1. The van der Waals surface area contributed by atoms with E-state index in [9.17, 15) is 9.59 Å². The molecule has 0 N–H and O–H groups in total. The van der Waals surface area contributed by atoms with Gasteiger partial charge in [0.15, 0.2) is 4.84 Å². The minimum absolute atomic E-state index is 0.176. The normalized spacial score (nSPS) is 12.4. The Kier molecular flexibility index (Phi) is 6.30. The topological polar surface area (TPSA) is 55.2 Å². The van der Waals surface area contributed by atoms with Gasteiger partial charge >= 0.3 is 0 Å². The molecule has 2 aromatic carbocycles. The molecule has 1 unspecified atom stereocenters. The van der Waals surface area contributed by atoms with Crippen molar-refractivity contribution in [3.63, 3.8) is 0 Å². The average Bonchev–Trinajstić information content (AvgIpc) is 2.69. The lowest BCUT2D eigenvalue weighted by Crippen LogP contribution is -2.38. The molecule has 3 aromatic rings. The summed E-state index contributed by atoms with van der Waals surface area (Å²) in [6.07, 6.45) is 0.540. The molecule has 0 fully saturated rings. The number of aromatic nitrogens is 2. The molecule has 0 saturated heterocycles. The molecule has 0 aliphatic carbocycles. The van der Waals surface area contributed by atoms with E-state index < -0.39 is 16.8 Å². The van der Waals surface area contributed by atoms with Crippen molar-refractivity contribution in [2.75, 3.05) is 7.05 Å². The van der Waals surface area contributed by atoms with E-state index in [-0.39, 0.29) is 5.56 Å². The lowest BCUT2D eigenvalue weighted by atomic mass is 10.1. The van der Waals surface area contributed by atoms with E-state index in [1.165, 1.54) is 4.90 Å². The third-order valence-electron chi connectivity index (χ3n) is 5.08. The van der Waals surface area contributed by atoms with Crippen molar-refractivity contribution in [2.24, 2.45) is 0 Å². The number of carbonyl (C=O) groups is 1. The van der Waals surface area contributed by atoms with Gasteiger partial charge in [0, 0.05) is 7.05 Å². The van der Waals surface area contributed by atoms with E-state index in [0.717, 1.165) is 16.8 Å². The Balaban J connectivity index is 2.35. The van der Waals surface area contributed by atoms with Gasteiger partial charge in [0.05, 0.1) is 22.6 Å². The van der Waals surface area contributed by atoms with E-state index in [1.54, 1.807) is 23.7 Å². The van der Waals surface area contributed by atoms with Crippen molar-refractivity contribution in [3.8, 4) is 5.69 Å². The largest absolute Gasteiger partial charge is 0.333 e. The molecule has 1 atom stereocenters. The molecule has 29 heavy (non-hydrogen) atoms. The maximum atomic E-state index is 13.5. The standard InChI is InChI=1S/C22H23Cl2N3O2/c1-5-17(26(4)22(29)19(23)24)20-25-16-9-7-6-8-15(16)21(28)27(20)18-11-10-13(2)12-14(18)3/h6-12,17,19H,5H2,1-4H3. The average molecular weight is 432 g/mol. The van der Waals surface area contributed by atoms with Crippen LogP contribution in [0.5, 0.6) is 0 Å². The van der Waals surface area contributed by atoms with Gasteiger partial charge < -0.3 is 4.90 Å². The zero-order chi connectivity index (χ0) is 21.3. The Labute approximate surface area is 179 Å². The van der Waals surface area contributed by atoms with Crippen LogP contribution in [0.3, 0.4) is 0 Å². The first-order valence-corrected chi connectivity index (χ1v) is 10.3. The van der Waals surface area contributed by atoms with Gasteiger partial charge in [-0.15, -0.1) is 0 Å². The highest BCUT2D eigenvalue weighted by molar-refractivity contribution is 6.53. The van der Waals surface area contributed by atoms with Gasteiger partial charge in [-0.3, -0.25) is 14.2 Å². The molecular weight excluding hydrogens is 409 g/mol. The number of nitrogens with zero attached hydrogens (tertiary/aromatic N) is 3. The number of rotatable bonds is 5. The Morgan fingerprint density at radius 3 is 2.48 bits per heavy atom. The fourth-order valence-corrected chi connectivity index (χ4v) is 3.91. The van der Waals surface area contributed by atoms with Gasteiger partial charge in [0.25, 0.3) is 11.5 Å². The van der Waals surface area contributed by atoms with Crippen molar-refractivity contribution in [2.45, 2.75) is 38.1 Å². The highest BCUT2D eigenvalue weighted by Gasteiger charge is 2.29. The molecule has 0 saturated carbocycles. The van der Waals surface area contributed by atoms with E-state index in [0.29, 0.717) is 23.1 Å². The van der Waals surface area contributed by atoms with E-state index in [1.807, 2.05) is 51.1 Å². The lowest BCUT2D eigenvalue weighted by molar-refractivity contribution is -0.130. The van der Waals surface area contributed by atoms with Crippen LogP contribution in [0.2, 0.25) is 0 Å². The summed E-state index contributed by atoms with van der Waals surface area (Å²) in [7, 11) is 1.63. The third-order valence-corrected chi connectivity index (χ3v) is 5.45. The zero-order valence-corrected chi connectivity index (χ0v) is 18.3. The van der Waals surface area contributed by atoms with Crippen LogP contribution in [0.1, 0.15) is 36.3 Å². The Bertz CT molecular complexity index is 1120. The number of benzene rings is 2. The number of aryl methyl sites for hydroxylation is 2. The first-order valence-electron chi connectivity index (χ1n) is 9.40. The van der Waals surface area contributed by atoms with Crippen LogP contribution in [0.15, 0.2) is 47.3 Å². The summed E-state index contributed by atoms with van der Waals surface area (Å²) in [5.41, 5.74) is 3.19. The van der Waals surface area contributed by atoms with Crippen molar-refractivity contribution < 1.29 is 4.79 Å². The number of hydrogen-bond donors (Lipinski definition) is 0.